The molecule has 0 aromatic carbocycles. The number of carbonyl (C=O) groups excluding carboxylic acids is 2. The minimum atomic E-state index is -0.650. The van der Waals surface area contributed by atoms with E-state index in [1.165, 1.54) is 6.33 Å². The molecule has 0 spiro atoms. The molecule has 0 aliphatic heterocycles. The summed E-state index contributed by atoms with van der Waals surface area (Å²) in [6.07, 6.45) is 0.171. The molecule has 0 aliphatic carbocycles. The summed E-state index contributed by atoms with van der Waals surface area (Å²) in [6, 6.07) is 1.58. The van der Waals surface area contributed by atoms with Crippen LogP contribution in [0.5, 0.6) is 0 Å². The number of aromatic amines is 1. The molecule has 0 saturated carbocycles. The van der Waals surface area contributed by atoms with Crippen LogP contribution in [0.3, 0.4) is 0 Å². The number of anilines is 2. The molecule has 21 heavy (non-hydrogen) atoms. The van der Waals surface area contributed by atoms with Gasteiger partial charge in [0.25, 0.3) is 0 Å². The van der Waals surface area contributed by atoms with Crippen LogP contribution >= 0.6 is 0 Å². The first-order valence-corrected chi connectivity index (χ1v) is 6.35. The summed E-state index contributed by atoms with van der Waals surface area (Å²) in [4.78, 5) is 33.9. The molecular weight excluding hydrogens is 278 g/mol. The van der Waals surface area contributed by atoms with E-state index < -0.39 is 12.2 Å². The van der Waals surface area contributed by atoms with Crippen LogP contribution < -0.4 is 10.6 Å². The molecular formula is C12H15N5O4. The standard InChI is InChI=1S/C12H15N5O4/c1-3-20-11(18)16-8-5-7-9(14-6-13-7)10(15-8)17-12(19)21-4-2/h5-6H,3-4H2,1-2H3,(H,13,14)(H2,15,16,17,18,19). The second-order valence-electron chi connectivity index (χ2n) is 3.85. The normalized spacial score (nSPS) is 10.2. The first-order chi connectivity index (χ1) is 10.1. The maximum atomic E-state index is 11.5. The van der Waals surface area contributed by atoms with Crippen LogP contribution in [0.15, 0.2) is 12.4 Å². The molecule has 9 heteroatoms. The molecule has 2 aromatic heterocycles. The van der Waals surface area contributed by atoms with Crippen LogP contribution in [0.4, 0.5) is 21.2 Å². The van der Waals surface area contributed by atoms with Gasteiger partial charge in [0.1, 0.15) is 11.3 Å². The van der Waals surface area contributed by atoms with Crippen LogP contribution in [-0.4, -0.2) is 40.4 Å². The topological polar surface area (TPSA) is 118 Å². The van der Waals surface area contributed by atoms with Gasteiger partial charge in [0.05, 0.1) is 25.1 Å². The highest BCUT2D eigenvalue weighted by molar-refractivity contribution is 5.97. The number of nitrogens with one attached hydrogen (secondary N) is 3. The largest absolute Gasteiger partial charge is 0.450 e. The van der Waals surface area contributed by atoms with Crippen molar-refractivity contribution >= 4 is 34.9 Å². The number of fused-ring (bicyclic) bond motifs is 1. The zero-order valence-corrected chi connectivity index (χ0v) is 11.6. The fourth-order valence-corrected chi connectivity index (χ4v) is 1.63. The molecule has 3 N–H and O–H groups in total. The molecule has 9 nitrogen and oxygen atoms in total. The Bertz CT molecular complexity index is 654. The van der Waals surface area contributed by atoms with Crippen molar-refractivity contribution < 1.29 is 19.1 Å². The Morgan fingerprint density at radius 3 is 2.52 bits per heavy atom. The number of hydrogen-bond acceptors (Lipinski definition) is 6. The van der Waals surface area contributed by atoms with Crippen molar-refractivity contribution in [1.82, 2.24) is 15.0 Å². The Balaban J connectivity index is 2.27. The Morgan fingerprint density at radius 2 is 1.86 bits per heavy atom. The van der Waals surface area contributed by atoms with Crippen LogP contribution in [-0.2, 0) is 9.47 Å². The van der Waals surface area contributed by atoms with E-state index in [9.17, 15) is 9.59 Å². The Hall–Kier alpha value is -2.84. The third-order valence-electron chi connectivity index (χ3n) is 2.41. The van der Waals surface area contributed by atoms with Crippen molar-refractivity contribution in [2.24, 2.45) is 0 Å². The van der Waals surface area contributed by atoms with E-state index in [2.05, 4.69) is 25.6 Å². The molecule has 0 fully saturated rings. The number of imidazole rings is 1. The van der Waals surface area contributed by atoms with Gasteiger partial charge in [0.2, 0.25) is 0 Å². The minimum absolute atomic E-state index is 0.180. The van der Waals surface area contributed by atoms with Gasteiger partial charge in [0.15, 0.2) is 5.82 Å². The van der Waals surface area contributed by atoms with Gasteiger partial charge in [-0.25, -0.2) is 19.6 Å². The number of pyridine rings is 1. The zero-order chi connectivity index (χ0) is 15.2. The zero-order valence-electron chi connectivity index (χ0n) is 11.6. The van der Waals surface area contributed by atoms with Crippen LogP contribution in [0.2, 0.25) is 0 Å². The summed E-state index contributed by atoms with van der Waals surface area (Å²) in [5, 5.41) is 4.93. The van der Waals surface area contributed by atoms with Crippen molar-refractivity contribution in [2.45, 2.75) is 13.8 Å². The molecule has 0 bridgehead atoms. The van der Waals surface area contributed by atoms with Gasteiger partial charge in [0, 0.05) is 6.07 Å². The van der Waals surface area contributed by atoms with Crippen molar-refractivity contribution in [2.75, 3.05) is 23.8 Å². The van der Waals surface area contributed by atoms with Crippen LogP contribution in [0, 0.1) is 0 Å². The Kier molecular flexibility index (Phi) is 4.54. The van der Waals surface area contributed by atoms with Gasteiger partial charge in [-0.05, 0) is 13.8 Å². The number of hydrogen-bond donors (Lipinski definition) is 3. The highest BCUT2D eigenvalue weighted by Crippen LogP contribution is 2.22. The fraction of sp³-hybridized carbons (Fsp3) is 0.333. The summed E-state index contributed by atoms with van der Waals surface area (Å²) < 4.78 is 9.56. The van der Waals surface area contributed by atoms with E-state index in [-0.39, 0.29) is 24.8 Å². The average Bonchev–Trinajstić information content (AvgIpc) is 2.87. The lowest BCUT2D eigenvalue weighted by atomic mass is 10.3. The minimum Gasteiger partial charge on any atom is -0.450 e. The van der Waals surface area contributed by atoms with Crippen LogP contribution in [0.25, 0.3) is 11.0 Å². The predicted molar refractivity (Wildman–Crippen MR) is 75.2 cm³/mol. The summed E-state index contributed by atoms with van der Waals surface area (Å²) in [6.45, 7) is 3.86. The summed E-state index contributed by atoms with van der Waals surface area (Å²) in [5.74, 6) is 0.399. The molecule has 2 rings (SSSR count). The van der Waals surface area contributed by atoms with Gasteiger partial charge in [-0.2, -0.15) is 0 Å². The number of aromatic nitrogens is 3. The van der Waals surface area contributed by atoms with E-state index in [0.717, 1.165) is 0 Å². The highest BCUT2D eigenvalue weighted by Gasteiger charge is 2.13. The van der Waals surface area contributed by atoms with E-state index >= 15 is 0 Å². The van der Waals surface area contributed by atoms with Crippen LogP contribution in [0.1, 0.15) is 13.8 Å². The van der Waals surface area contributed by atoms with E-state index in [0.29, 0.717) is 11.0 Å². The number of amides is 2. The maximum absolute atomic E-state index is 11.5. The number of rotatable bonds is 4. The van der Waals surface area contributed by atoms with Gasteiger partial charge in [-0.3, -0.25) is 10.6 Å². The molecule has 2 heterocycles. The molecule has 0 unspecified atom stereocenters. The van der Waals surface area contributed by atoms with Crippen molar-refractivity contribution in [3.8, 4) is 0 Å². The number of H-pyrrole nitrogens is 1. The summed E-state index contributed by atoms with van der Waals surface area (Å²) in [5.41, 5.74) is 1.06. The highest BCUT2D eigenvalue weighted by atomic mass is 16.6. The first kappa shape index (κ1) is 14.6. The number of nitrogens with zero attached hydrogens (tertiary/aromatic N) is 2. The van der Waals surface area contributed by atoms with Gasteiger partial charge in [-0.15, -0.1) is 0 Å². The second kappa shape index (κ2) is 6.55. The maximum Gasteiger partial charge on any atom is 0.412 e. The van der Waals surface area contributed by atoms with Gasteiger partial charge < -0.3 is 14.5 Å². The number of ether oxygens (including phenoxy) is 2. The molecule has 2 amide bonds. The monoisotopic (exact) mass is 293 g/mol. The quantitative estimate of drug-likeness (QED) is 0.794. The first-order valence-electron chi connectivity index (χ1n) is 6.35. The number of carbonyl (C=O) groups is 2. The van der Waals surface area contributed by atoms with Crippen molar-refractivity contribution in [3.63, 3.8) is 0 Å². The van der Waals surface area contributed by atoms with E-state index in [4.69, 9.17) is 9.47 Å². The summed E-state index contributed by atoms with van der Waals surface area (Å²) in [7, 11) is 0. The third-order valence-corrected chi connectivity index (χ3v) is 2.41. The molecule has 0 aliphatic rings. The van der Waals surface area contributed by atoms with Gasteiger partial charge in [-0.1, -0.05) is 0 Å². The predicted octanol–water partition coefficient (Wildman–Crippen LogP) is 2.09. The lowest BCUT2D eigenvalue weighted by molar-refractivity contribution is 0.167. The lowest BCUT2D eigenvalue weighted by Crippen LogP contribution is -2.17. The molecule has 112 valence electrons. The lowest BCUT2D eigenvalue weighted by Gasteiger charge is -2.08. The molecule has 0 saturated heterocycles. The summed E-state index contributed by atoms with van der Waals surface area (Å²) >= 11 is 0. The van der Waals surface area contributed by atoms with Gasteiger partial charge >= 0.3 is 12.2 Å². The van der Waals surface area contributed by atoms with Crippen molar-refractivity contribution in [1.29, 1.82) is 0 Å². The smallest absolute Gasteiger partial charge is 0.412 e. The third kappa shape index (κ3) is 3.59. The average molecular weight is 293 g/mol. The molecule has 2 aromatic rings. The Labute approximate surface area is 120 Å². The fourth-order valence-electron chi connectivity index (χ4n) is 1.63. The molecule has 0 atom stereocenters. The SMILES string of the molecule is CCOC(=O)Nc1cc2[nH]cnc2c(NC(=O)OCC)n1. The molecule has 0 radical (unpaired) electrons. The van der Waals surface area contributed by atoms with Crippen molar-refractivity contribution in [3.05, 3.63) is 12.4 Å². The van der Waals surface area contributed by atoms with E-state index in [1.807, 2.05) is 0 Å². The van der Waals surface area contributed by atoms with E-state index in [1.54, 1.807) is 19.9 Å². The Morgan fingerprint density at radius 1 is 1.19 bits per heavy atom. The second-order valence-corrected chi connectivity index (χ2v) is 3.85.